The normalized spacial score (nSPS) is 14.0. The Morgan fingerprint density at radius 1 is 0.585 bits per heavy atom. The molecule has 0 aliphatic carbocycles. The molecule has 0 rings (SSSR count). The van der Waals surface area contributed by atoms with Crippen LogP contribution in [0.4, 0.5) is 0 Å². The zero-order chi connectivity index (χ0) is 39.3. The first-order valence-corrected chi connectivity index (χ1v) is 22.7. The van der Waals surface area contributed by atoms with Crippen molar-refractivity contribution in [2.24, 2.45) is 0 Å². The lowest BCUT2D eigenvalue weighted by molar-refractivity contribution is -0.870. The van der Waals surface area contributed by atoms with Gasteiger partial charge < -0.3 is 18.9 Å². The predicted octanol–water partition coefficient (Wildman–Crippen LogP) is 11.7. The third-order valence-electron chi connectivity index (χ3n) is 8.92. The number of hydrogen-bond donors (Lipinski definition) is 1. The third-order valence-corrected chi connectivity index (χ3v) is 9.91. The molecule has 0 aliphatic heterocycles. The molecule has 0 aliphatic rings. The molecule has 0 aromatic heterocycles. The Morgan fingerprint density at radius 2 is 1.04 bits per heavy atom. The second-order valence-corrected chi connectivity index (χ2v) is 16.8. The molecule has 0 aromatic rings. The van der Waals surface area contributed by atoms with E-state index in [1.807, 2.05) is 21.1 Å². The monoisotopic (exact) mass is 771 g/mol. The fourth-order valence-corrected chi connectivity index (χ4v) is 6.30. The number of allylic oxidation sites excluding steroid dienone is 6. The van der Waals surface area contributed by atoms with Crippen LogP contribution in [0, 0.1) is 0 Å². The second kappa shape index (κ2) is 35.9. The number of esters is 2. The second-order valence-electron chi connectivity index (χ2n) is 15.4. The molecule has 9 nitrogen and oxygen atoms in total. The number of hydrogen-bond acceptors (Lipinski definition) is 7. The lowest BCUT2D eigenvalue weighted by atomic mass is 10.0. The number of carbonyl (C=O) groups excluding carboxylic acids is 2. The maximum Gasteiger partial charge on any atom is 0.472 e. The van der Waals surface area contributed by atoms with Gasteiger partial charge in [-0.1, -0.05) is 153 Å². The van der Waals surface area contributed by atoms with Gasteiger partial charge in [-0.3, -0.25) is 18.6 Å². The number of ether oxygens (including phenoxy) is 2. The molecular formula is C43H81NO8P+. The van der Waals surface area contributed by atoms with Gasteiger partial charge in [-0.15, -0.1) is 0 Å². The van der Waals surface area contributed by atoms with Gasteiger partial charge in [-0.2, -0.15) is 0 Å². The highest BCUT2D eigenvalue weighted by molar-refractivity contribution is 7.47. The first-order chi connectivity index (χ1) is 25.5. The molecule has 310 valence electrons. The van der Waals surface area contributed by atoms with E-state index in [9.17, 15) is 19.0 Å². The predicted molar refractivity (Wildman–Crippen MR) is 220 cm³/mol. The summed E-state index contributed by atoms with van der Waals surface area (Å²) >= 11 is 0. The minimum absolute atomic E-state index is 0.0249. The summed E-state index contributed by atoms with van der Waals surface area (Å²) in [4.78, 5) is 35.2. The standard InChI is InChI=1S/C43H80NO8P/c1-6-8-10-12-14-16-18-20-21-22-23-24-26-27-29-31-33-35-42(45)49-39-41(40-51-53(47,48)50-38-37-44(3,4)5)52-43(46)36-34-32-30-28-25-19-17-15-13-11-9-7-2/h20-21,23-24,27,29,41H,6-19,22,25-26,28,30-40H2,1-5H3/p+1/b21-20-,24-23-,29-27-/t41-/m1/s1. The number of nitrogens with zero attached hydrogens (tertiary/aromatic N) is 1. The number of quaternary nitrogens is 1. The maximum absolute atomic E-state index is 12.6. The maximum atomic E-state index is 12.6. The van der Waals surface area contributed by atoms with Gasteiger partial charge in [-0.05, 0) is 44.9 Å². The quantitative estimate of drug-likeness (QED) is 0.0217. The lowest BCUT2D eigenvalue weighted by Gasteiger charge is -2.24. The van der Waals surface area contributed by atoms with E-state index < -0.39 is 32.5 Å². The number of rotatable bonds is 38. The topological polar surface area (TPSA) is 108 Å². The first-order valence-electron chi connectivity index (χ1n) is 21.2. The van der Waals surface area contributed by atoms with Crippen LogP contribution in [0.2, 0.25) is 0 Å². The minimum Gasteiger partial charge on any atom is -0.462 e. The van der Waals surface area contributed by atoms with Gasteiger partial charge in [-0.25, -0.2) is 4.57 Å². The Hall–Kier alpha value is -1.77. The molecule has 1 unspecified atom stereocenters. The van der Waals surface area contributed by atoms with E-state index in [0.717, 1.165) is 32.1 Å². The van der Waals surface area contributed by atoms with Crippen LogP contribution in [0.15, 0.2) is 36.5 Å². The number of unbranched alkanes of at least 4 members (excludes halogenated alkanes) is 18. The van der Waals surface area contributed by atoms with E-state index in [1.165, 1.54) is 103 Å². The zero-order valence-electron chi connectivity index (χ0n) is 34.7. The van der Waals surface area contributed by atoms with Gasteiger partial charge in [0.25, 0.3) is 0 Å². The van der Waals surface area contributed by atoms with Crippen molar-refractivity contribution in [3.05, 3.63) is 36.5 Å². The highest BCUT2D eigenvalue weighted by Crippen LogP contribution is 2.43. The zero-order valence-corrected chi connectivity index (χ0v) is 35.6. The Labute approximate surface area is 325 Å². The summed E-state index contributed by atoms with van der Waals surface area (Å²) in [5.74, 6) is -0.858. The van der Waals surface area contributed by atoms with E-state index in [2.05, 4.69) is 50.3 Å². The van der Waals surface area contributed by atoms with Crippen molar-refractivity contribution in [2.75, 3.05) is 47.5 Å². The number of phosphoric acid groups is 1. The number of carbonyl (C=O) groups is 2. The van der Waals surface area contributed by atoms with Crippen LogP contribution in [0.25, 0.3) is 0 Å². The van der Waals surface area contributed by atoms with Crippen LogP contribution in [0.5, 0.6) is 0 Å². The van der Waals surface area contributed by atoms with Crippen molar-refractivity contribution in [3.63, 3.8) is 0 Å². The summed E-state index contributed by atoms with van der Waals surface area (Å²) in [6.45, 7) is 4.35. The van der Waals surface area contributed by atoms with Crippen molar-refractivity contribution >= 4 is 19.8 Å². The largest absolute Gasteiger partial charge is 0.472 e. The summed E-state index contributed by atoms with van der Waals surface area (Å²) < 4.78 is 34.2. The number of phosphoric ester groups is 1. The molecule has 0 radical (unpaired) electrons. The highest BCUT2D eigenvalue weighted by atomic mass is 31.2. The Balaban J connectivity index is 4.45. The first kappa shape index (κ1) is 51.2. The Kier molecular flexibility index (Phi) is 34.7. The molecule has 0 amide bonds. The Morgan fingerprint density at radius 3 is 1.57 bits per heavy atom. The molecule has 0 aromatic carbocycles. The molecule has 1 N–H and O–H groups in total. The summed E-state index contributed by atoms with van der Waals surface area (Å²) in [5.41, 5.74) is 0. The van der Waals surface area contributed by atoms with E-state index in [0.29, 0.717) is 23.9 Å². The van der Waals surface area contributed by atoms with Crippen LogP contribution < -0.4 is 0 Å². The Bertz CT molecular complexity index is 1010. The van der Waals surface area contributed by atoms with Gasteiger partial charge in [0.15, 0.2) is 6.10 Å². The SMILES string of the molecule is CCCCCCCC/C=C\C/C=C\C/C=C\CCCC(=O)OC[C@H](COP(=O)(O)OCC[N+](C)(C)C)OC(=O)CCCCCCCCCCCCCC. The van der Waals surface area contributed by atoms with Gasteiger partial charge in [0, 0.05) is 12.8 Å². The average Bonchev–Trinajstić information content (AvgIpc) is 3.10. The minimum atomic E-state index is -4.38. The van der Waals surface area contributed by atoms with Crippen molar-refractivity contribution in [1.29, 1.82) is 0 Å². The number of likely N-dealkylation sites (N-methyl/N-ethyl adjacent to an activating group) is 1. The van der Waals surface area contributed by atoms with Gasteiger partial charge in [0.05, 0.1) is 27.7 Å². The van der Waals surface area contributed by atoms with Gasteiger partial charge in [0.1, 0.15) is 19.8 Å². The fraction of sp³-hybridized carbons (Fsp3) is 0.814. The fourth-order valence-electron chi connectivity index (χ4n) is 5.56. The van der Waals surface area contributed by atoms with E-state index in [-0.39, 0.29) is 26.1 Å². The molecule has 0 heterocycles. The van der Waals surface area contributed by atoms with Crippen LogP contribution in [-0.4, -0.2) is 74.9 Å². The van der Waals surface area contributed by atoms with E-state index in [4.69, 9.17) is 18.5 Å². The summed E-state index contributed by atoms with van der Waals surface area (Å²) in [6.07, 6.45) is 39.1. The molecule has 0 saturated carbocycles. The van der Waals surface area contributed by atoms with Crippen molar-refractivity contribution < 1.29 is 42.1 Å². The summed E-state index contributed by atoms with van der Waals surface area (Å²) in [5, 5.41) is 0. The summed E-state index contributed by atoms with van der Waals surface area (Å²) in [7, 11) is 1.45. The average molecular weight is 771 g/mol. The van der Waals surface area contributed by atoms with Crippen molar-refractivity contribution in [3.8, 4) is 0 Å². The third kappa shape index (κ3) is 39.7. The molecule has 0 fully saturated rings. The van der Waals surface area contributed by atoms with Gasteiger partial charge >= 0.3 is 19.8 Å². The molecule has 0 spiro atoms. The van der Waals surface area contributed by atoms with Crippen molar-refractivity contribution in [1.82, 2.24) is 0 Å². The molecular weight excluding hydrogens is 689 g/mol. The van der Waals surface area contributed by atoms with E-state index in [1.54, 1.807) is 0 Å². The molecule has 2 atom stereocenters. The molecule has 10 heteroatoms. The smallest absolute Gasteiger partial charge is 0.462 e. The summed E-state index contributed by atoms with van der Waals surface area (Å²) in [6, 6.07) is 0. The van der Waals surface area contributed by atoms with E-state index >= 15 is 0 Å². The lowest BCUT2D eigenvalue weighted by Crippen LogP contribution is -2.37. The van der Waals surface area contributed by atoms with Crippen molar-refractivity contribution in [2.45, 2.75) is 180 Å². The van der Waals surface area contributed by atoms with Crippen LogP contribution >= 0.6 is 7.82 Å². The molecule has 0 bridgehead atoms. The van der Waals surface area contributed by atoms with Crippen LogP contribution in [0.1, 0.15) is 174 Å². The molecule has 53 heavy (non-hydrogen) atoms. The highest BCUT2D eigenvalue weighted by Gasteiger charge is 2.27. The van der Waals surface area contributed by atoms with Crippen LogP contribution in [-0.2, 0) is 32.7 Å². The van der Waals surface area contributed by atoms with Crippen LogP contribution in [0.3, 0.4) is 0 Å². The molecule has 0 saturated heterocycles. The van der Waals surface area contributed by atoms with Gasteiger partial charge in [0.2, 0.25) is 0 Å².